The Morgan fingerprint density at radius 3 is 2.48 bits per heavy atom. The standard InChI is InChI=1S/C18H21FN2O4/c1-4-9-18(17(24)25-3)13-12(15(22)21(2)16(13)23)14(20-18)10-5-7-11(19)8-6-10/h5-8,12-14,20H,4,9H2,1-3H3/t12-,13-,14-,18+/m0/s1. The second kappa shape index (κ2) is 6.22. The molecule has 2 aliphatic rings. The fraction of sp³-hybridized carbons (Fsp3) is 0.500. The number of halogens is 1. The minimum atomic E-state index is -1.26. The Labute approximate surface area is 145 Å². The summed E-state index contributed by atoms with van der Waals surface area (Å²) in [5.41, 5.74) is -0.597. The predicted octanol–water partition coefficient (Wildman–Crippen LogP) is 1.41. The van der Waals surface area contributed by atoms with Gasteiger partial charge in [-0.3, -0.25) is 24.6 Å². The lowest BCUT2D eigenvalue weighted by molar-refractivity contribution is -0.154. The van der Waals surface area contributed by atoms with Crippen molar-refractivity contribution in [2.45, 2.75) is 31.3 Å². The Hall–Kier alpha value is -2.28. The molecule has 0 bridgehead atoms. The molecule has 6 nitrogen and oxygen atoms in total. The zero-order valence-electron chi connectivity index (χ0n) is 14.4. The minimum absolute atomic E-state index is 0.335. The van der Waals surface area contributed by atoms with Crippen molar-refractivity contribution in [1.82, 2.24) is 10.2 Å². The predicted molar refractivity (Wildman–Crippen MR) is 86.7 cm³/mol. The normalized spacial score (nSPS) is 31.4. The van der Waals surface area contributed by atoms with Gasteiger partial charge in [-0.15, -0.1) is 0 Å². The number of amides is 2. The van der Waals surface area contributed by atoms with E-state index in [1.54, 1.807) is 12.1 Å². The van der Waals surface area contributed by atoms with E-state index in [0.29, 0.717) is 18.4 Å². The maximum absolute atomic E-state index is 13.3. The van der Waals surface area contributed by atoms with E-state index >= 15 is 0 Å². The number of nitrogens with zero attached hydrogens (tertiary/aromatic N) is 1. The molecule has 4 atom stereocenters. The lowest BCUT2D eigenvalue weighted by Gasteiger charge is -2.31. The van der Waals surface area contributed by atoms with Crippen molar-refractivity contribution < 1.29 is 23.5 Å². The molecule has 0 aliphatic carbocycles. The first-order chi connectivity index (χ1) is 11.9. The van der Waals surface area contributed by atoms with Gasteiger partial charge in [0.25, 0.3) is 0 Å². The second-order valence-electron chi connectivity index (χ2n) is 6.63. The number of esters is 1. The van der Waals surface area contributed by atoms with Gasteiger partial charge in [-0.2, -0.15) is 0 Å². The fourth-order valence-corrected chi connectivity index (χ4v) is 4.20. The minimum Gasteiger partial charge on any atom is -0.468 e. The second-order valence-corrected chi connectivity index (χ2v) is 6.63. The summed E-state index contributed by atoms with van der Waals surface area (Å²) < 4.78 is 18.3. The zero-order chi connectivity index (χ0) is 18.4. The number of fused-ring (bicyclic) bond motifs is 1. The maximum Gasteiger partial charge on any atom is 0.326 e. The van der Waals surface area contributed by atoms with Gasteiger partial charge in [0.15, 0.2) is 0 Å². The van der Waals surface area contributed by atoms with Crippen molar-refractivity contribution in [3.8, 4) is 0 Å². The van der Waals surface area contributed by atoms with Gasteiger partial charge in [-0.05, 0) is 24.1 Å². The fourth-order valence-electron chi connectivity index (χ4n) is 4.20. The molecule has 0 aromatic heterocycles. The molecule has 0 saturated carbocycles. The summed E-state index contributed by atoms with van der Waals surface area (Å²) in [4.78, 5) is 39.1. The molecular weight excluding hydrogens is 327 g/mol. The third-order valence-electron chi connectivity index (χ3n) is 5.30. The Kier molecular flexibility index (Phi) is 4.36. The molecule has 0 unspecified atom stereocenters. The summed E-state index contributed by atoms with van der Waals surface area (Å²) in [5.74, 6) is -3.20. The number of hydrogen-bond acceptors (Lipinski definition) is 5. The van der Waals surface area contributed by atoms with Crippen LogP contribution in [0.3, 0.4) is 0 Å². The summed E-state index contributed by atoms with van der Waals surface area (Å²) in [6, 6.07) is 5.18. The van der Waals surface area contributed by atoms with Crippen LogP contribution < -0.4 is 5.32 Å². The number of nitrogens with one attached hydrogen (secondary N) is 1. The van der Waals surface area contributed by atoms with E-state index in [1.807, 2.05) is 6.92 Å². The zero-order valence-corrected chi connectivity index (χ0v) is 14.4. The molecule has 1 aromatic carbocycles. The van der Waals surface area contributed by atoms with Crippen molar-refractivity contribution >= 4 is 17.8 Å². The van der Waals surface area contributed by atoms with Gasteiger partial charge in [-0.1, -0.05) is 25.5 Å². The number of imide groups is 1. The van der Waals surface area contributed by atoms with Gasteiger partial charge in [-0.25, -0.2) is 4.39 Å². The smallest absolute Gasteiger partial charge is 0.326 e. The highest BCUT2D eigenvalue weighted by atomic mass is 19.1. The first kappa shape index (κ1) is 17.5. The average molecular weight is 348 g/mol. The number of carbonyl (C=O) groups excluding carboxylic acids is 3. The van der Waals surface area contributed by atoms with Crippen LogP contribution in [-0.2, 0) is 19.1 Å². The van der Waals surface area contributed by atoms with Crippen molar-refractivity contribution in [3.63, 3.8) is 0 Å². The SMILES string of the molecule is CCC[C@@]1(C(=O)OC)N[C@@H](c2ccc(F)cc2)[C@H]2C(=O)N(C)C(=O)[C@H]21. The number of ether oxygens (including phenoxy) is 1. The Bertz CT molecular complexity index is 720. The molecule has 134 valence electrons. The van der Waals surface area contributed by atoms with E-state index in [2.05, 4.69) is 5.32 Å². The van der Waals surface area contributed by atoms with Crippen molar-refractivity contribution in [1.29, 1.82) is 0 Å². The summed E-state index contributed by atoms with van der Waals surface area (Å²) in [7, 11) is 2.70. The molecule has 25 heavy (non-hydrogen) atoms. The van der Waals surface area contributed by atoms with Crippen LogP contribution in [0.5, 0.6) is 0 Å². The van der Waals surface area contributed by atoms with Crippen molar-refractivity contribution in [3.05, 3.63) is 35.6 Å². The average Bonchev–Trinajstić information content (AvgIpc) is 3.06. The third-order valence-corrected chi connectivity index (χ3v) is 5.30. The Morgan fingerprint density at radius 1 is 1.28 bits per heavy atom. The number of carbonyl (C=O) groups is 3. The number of benzene rings is 1. The first-order valence-corrected chi connectivity index (χ1v) is 8.30. The number of rotatable bonds is 4. The number of likely N-dealkylation sites (tertiary alicyclic amines) is 1. The van der Waals surface area contributed by atoms with Crippen LogP contribution in [0.4, 0.5) is 4.39 Å². The molecule has 2 aliphatic heterocycles. The summed E-state index contributed by atoms with van der Waals surface area (Å²) in [6.45, 7) is 1.90. The summed E-state index contributed by atoms with van der Waals surface area (Å²) >= 11 is 0. The van der Waals surface area contributed by atoms with Crippen molar-refractivity contribution in [2.24, 2.45) is 11.8 Å². The van der Waals surface area contributed by atoms with Gasteiger partial charge in [0.05, 0.1) is 18.9 Å². The van der Waals surface area contributed by atoms with Crippen LogP contribution in [0.2, 0.25) is 0 Å². The highest BCUT2D eigenvalue weighted by Gasteiger charge is 2.67. The highest BCUT2D eigenvalue weighted by Crippen LogP contribution is 2.50. The molecule has 7 heteroatoms. The third kappa shape index (κ3) is 2.45. The van der Waals surface area contributed by atoms with Gasteiger partial charge in [0.1, 0.15) is 11.4 Å². The lowest BCUT2D eigenvalue weighted by atomic mass is 9.77. The molecule has 2 saturated heterocycles. The Balaban J connectivity index is 2.13. The summed E-state index contributed by atoms with van der Waals surface area (Å²) in [5, 5.41) is 3.21. The Morgan fingerprint density at radius 2 is 1.92 bits per heavy atom. The molecule has 2 amide bonds. The molecule has 3 rings (SSSR count). The van der Waals surface area contributed by atoms with Crippen LogP contribution in [0.15, 0.2) is 24.3 Å². The van der Waals surface area contributed by atoms with Gasteiger partial charge in [0.2, 0.25) is 11.8 Å². The molecule has 2 heterocycles. The van der Waals surface area contributed by atoms with E-state index in [0.717, 1.165) is 4.90 Å². The van der Waals surface area contributed by atoms with E-state index in [9.17, 15) is 18.8 Å². The van der Waals surface area contributed by atoms with E-state index in [1.165, 1.54) is 26.3 Å². The van der Waals surface area contributed by atoms with Crippen molar-refractivity contribution in [2.75, 3.05) is 14.2 Å². The number of methoxy groups -OCH3 is 1. The summed E-state index contributed by atoms with van der Waals surface area (Å²) in [6.07, 6.45) is 0.998. The molecule has 1 aromatic rings. The largest absolute Gasteiger partial charge is 0.468 e. The highest BCUT2D eigenvalue weighted by molar-refractivity contribution is 6.09. The topological polar surface area (TPSA) is 75.7 Å². The monoisotopic (exact) mass is 348 g/mol. The number of hydrogen-bond donors (Lipinski definition) is 1. The maximum atomic E-state index is 13.3. The first-order valence-electron chi connectivity index (χ1n) is 8.30. The van der Waals surface area contributed by atoms with Gasteiger partial charge < -0.3 is 4.74 Å². The van der Waals surface area contributed by atoms with E-state index < -0.39 is 35.2 Å². The van der Waals surface area contributed by atoms with Crippen LogP contribution >= 0.6 is 0 Å². The quantitative estimate of drug-likeness (QED) is 0.658. The molecule has 0 radical (unpaired) electrons. The lowest BCUT2D eigenvalue weighted by Crippen LogP contribution is -2.56. The molecular formula is C18H21FN2O4. The molecule has 2 fully saturated rings. The van der Waals surface area contributed by atoms with Gasteiger partial charge in [0, 0.05) is 13.1 Å². The van der Waals surface area contributed by atoms with E-state index in [4.69, 9.17) is 4.74 Å². The van der Waals surface area contributed by atoms with E-state index in [-0.39, 0.29) is 11.8 Å². The van der Waals surface area contributed by atoms with Crippen LogP contribution in [-0.4, -0.2) is 42.4 Å². The van der Waals surface area contributed by atoms with Crippen LogP contribution in [0.1, 0.15) is 31.4 Å². The van der Waals surface area contributed by atoms with Crippen LogP contribution in [0, 0.1) is 17.7 Å². The molecule has 1 N–H and O–H groups in total. The van der Waals surface area contributed by atoms with Crippen LogP contribution in [0.25, 0.3) is 0 Å². The van der Waals surface area contributed by atoms with Gasteiger partial charge >= 0.3 is 5.97 Å². The molecule has 0 spiro atoms.